The first-order valence-electron chi connectivity index (χ1n) is 6.91. The molecular weight excluding hydrogens is 244 g/mol. The van der Waals surface area contributed by atoms with Crippen LogP contribution in [0.1, 0.15) is 24.1 Å². The fourth-order valence-electron chi connectivity index (χ4n) is 2.57. The van der Waals surface area contributed by atoms with Crippen LogP contribution in [0.15, 0.2) is 60.8 Å². The molecule has 20 heavy (non-hydrogen) atoms. The van der Waals surface area contributed by atoms with Gasteiger partial charge in [0.05, 0.1) is 5.52 Å². The van der Waals surface area contributed by atoms with Gasteiger partial charge in [0.2, 0.25) is 0 Å². The van der Waals surface area contributed by atoms with Crippen LogP contribution in [0, 0.1) is 6.92 Å². The summed E-state index contributed by atoms with van der Waals surface area (Å²) in [6.45, 7) is 4.34. The Balaban J connectivity index is 1.87. The Hall–Kier alpha value is -2.35. The number of aryl methyl sites for hydroxylation is 1. The van der Waals surface area contributed by atoms with Crippen molar-refractivity contribution in [2.75, 3.05) is 5.32 Å². The van der Waals surface area contributed by atoms with Gasteiger partial charge in [0.25, 0.3) is 0 Å². The maximum absolute atomic E-state index is 4.35. The molecular formula is C18H18N2. The fraction of sp³-hybridized carbons (Fsp3) is 0.167. The molecule has 2 nitrogen and oxygen atoms in total. The van der Waals surface area contributed by atoms with Crippen LogP contribution in [-0.4, -0.2) is 4.98 Å². The van der Waals surface area contributed by atoms with Crippen LogP contribution in [0.2, 0.25) is 0 Å². The van der Waals surface area contributed by atoms with Crippen molar-refractivity contribution >= 4 is 16.6 Å². The minimum atomic E-state index is 0.283. The SMILES string of the molecule is Cc1ccccc1C(C)Nc1ccc2ncccc2c1. The molecule has 0 aliphatic heterocycles. The van der Waals surface area contributed by atoms with Gasteiger partial charge in [-0.3, -0.25) is 4.98 Å². The highest BCUT2D eigenvalue weighted by Gasteiger charge is 2.07. The molecule has 1 heterocycles. The molecule has 2 aromatic carbocycles. The van der Waals surface area contributed by atoms with Crippen LogP contribution in [-0.2, 0) is 0 Å². The first-order chi connectivity index (χ1) is 9.74. The highest BCUT2D eigenvalue weighted by Crippen LogP contribution is 2.24. The Morgan fingerprint density at radius 2 is 1.85 bits per heavy atom. The molecule has 0 aliphatic carbocycles. The highest BCUT2D eigenvalue weighted by atomic mass is 14.9. The summed E-state index contributed by atoms with van der Waals surface area (Å²) < 4.78 is 0. The summed E-state index contributed by atoms with van der Waals surface area (Å²) in [6, 6.07) is 19.1. The van der Waals surface area contributed by atoms with Crippen molar-refractivity contribution in [2.45, 2.75) is 19.9 Å². The van der Waals surface area contributed by atoms with Crippen LogP contribution in [0.5, 0.6) is 0 Å². The topological polar surface area (TPSA) is 24.9 Å². The molecule has 0 amide bonds. The van der Waals surface area contributed by atoms with Crippen molar-refractivity contribution in [1.29, 1.82) is 0 Å². The van der Waals surface area contributed by atoms with Gasteiger partial charge in [-0.25, -0.2) is 0 Å². The van der Waals surface area contributed by atoms with Gasteiger partial charge >= 0.3 is 0 Å². The maximum atomic E-state index is 4.35. The Bertz CT molecular complexity index is 734. The molecule has 1 aromatic heterocycles. The number of rotatable bonds is 3. The van der Waals surface area contributed by atoms with E-state index in [0.717, 1.165) is 16.6 Å². The molecule has 0 fully saturated rings. The van der Waals surface area contributed by atoms with E-state index in [1.165, 1.54) is 11.1 Å². The molecule has 0 bridgehead atoms. The van der Waals surface area contributed by atoms with E-state index < -0.39 is 0 Å². The standard InChI is InChI=1S/C18H18N2/c1-13-6-3-4-8-17(13)14(2)20-16-9-10-18-15(12-16)7-5-11-19-18/h3-12,14,20H,1-2H3. The molecule has 3 rings (SSSR count). The number of aromatic nitrogens is 1. The Labute approximate surface area is 119 Å². The van der Waals surface area contributed by atoms with Gasteiger partial charge in [0.1, 0.15) is 0 Å². The first-order valence-corrected chi connectivity index (χ1v) is 6.91. The van der Waals surface area contributed by atoms with Gasteiger partial charge in [-0.05, 0) is 49.2 Å². The van der Waals surface area contributed by atoms with Crippen molar-refractivity contribution < 1.29 is 0 Å². The summed E-state index contributed by atoms with van der Waals surface area (Å²) in [7, 11) is 0. The van der Waals surface area contributed by atoms with E-state index in [-0.39, 0.29) is 6.04 Å². The van der Waals surface area contributed by atoms with Gasteiger partial charge in [-0.2, -0.15) is 0 Å². The van der Waals surface area contributed by atoms with Crippen molar-refractivity contribution in [2.24, 2.45) is 0 Å². The van der Waals surface area contributed by atoms with Gasteiger partial charge in [-0.1, -0.05) is 30.3 Å². The number of anilines is 1. The summed E-state index contributed by atoms with van der Waals surface area (Å²) >= 11 is 0. The smallest absolute Gasteiger partial charge is 0.0703 e. The largest absolute Gasteiger partial charge is 0.378 e. The molecule has 1 atom stereocenters. The van der Waals surface area contributed by atoms with Crippen molar-refractivity contribution in [3.63, 3.8) is 0 Å². The third-order valence-corrected chi connectivity index (χ3v) is 3.64. The number of nitrogens with zero attached hydrogens (tertiary/aromatic N) is 1. The lowest BCUT2D eigenvalue weighted by atomic mass is 10.0. The summed E-state index contributed by atoms with van der Waals surface area (Å²) in [4.78, 5) is 4.35. The molecule has 0 aliphatic rings. The lowest BCUT2D eigenvalue weighted by Crippen LogP contribution is -2.07. The lowest BCUT2D eigenvalue weighted by Gasteiger charge is -2.18. The highest BCUT2D eigenvalue weighted by molar-refractivity contribution is 5.82. The number of pyridine rings is 1. The summed E-state index contributed by atoms with van der Waals surface area (Å²) in [5.74, 6) is 0. The van der Waals surface area contributed by atoms with E-state index in [0.29, 0.717) is 0 Å². The molecule has 3 aromatic rings. The molecule has 0 radical (unpaired) electrons. The number of fused-ring (bicyclic) bond motifs is 1. The zero-order valence-electron chi connectivity index (χ0n) is 11.8. The average molecular weight is 262 g/mol. The number of hydrogen-bond acceptors (Lipinski definition) is 2. The predicted octanol–water partition coefficient (Wildman–Crippen LogP) is 4.72. The van der Waals surface area contributed by atoms with Crippen LogP contribution >= 0.6 is 0 Å². The zero-order chi connectivity index (χ0) is 13.9. The van der Waals surface area contributed by atoms with E-state index in [4.69, 9.17) is 0 Å². The Morgan fingerprint density at radius 3 is 2.70 bits per heavy atom. The fourth-order valence-corrected chi connectivity index (χ4v) is 2.57. The van der Waals surface area contributed by atoms with Crippen LogP contribution in [0.4, 0.5) is 5.69 Å². The normalized spacial score (nSPS) is 12.3. The average Bonchev–Trinajstić information content (AvgIpc) is 2.47. The van der Waals surface area contributed by atoms with Gasteiger partial charge in [-0.15, -0.1) is 0 Å². The third-order valence-electron chi connectivity index (χ3n) is 3.64. The summed E-state index contributed by atoms with van der Waals surface area (Å²) in [5.41, 5.74) is 4.80. The van der Waals surface area contributed by atoms with E-state index in [9.17, 15) is 0 Å². The minimum Gasteiger partial charge on any atom is -0.378 e. The second-order valence-corrected chi connectivity index (χ2v) is 5.13. The quantitative estimate of drug-likeness (QED) is 0.739. The summed E-state index contributed by atoms with van der Waals surface area (Å²) in [6.07, 6.45) is 1.82. The molecule has 0 saturated carbocycles. The van der Waals surface area contributed by atoms with Crippen LogP contribution in [0.3, 0.4) is 0 Å². The molecule has 1 N–H and O–H groups in total. The Kier molecular flexibility index (Phi) is 3.38. The van der Waals surface area contributed by atoms with Crippen LogP contribution in [0.25, 0.3) is 10.9 Å². The minimum absolute atomic E-state index is 0.283. The molecule has 1 unspecified atom stereocenters. The summed E-state index contributed by atoms with van der Waals surface area (Å²) in [5, 5.41) is 4.72. The van der Waals surface area contributed by atoms with Crippen molar-refractivity contribution in [3.8, 4) is 0 Å². The second-order valence-electron chi connectivity index (χ2n) is 5.13. The van der Waals surface area contributed by atoms with E-state index in [1.54, 1.807) is 0 Å². The van der Waals surface area contributed by atoms with Crippen molar-refractivity contribution in [3.05, 3.63) is 71.9 Å². The molecule has 100 valence electrons. The predicted molar refractivity (Wildman–Crippen MR) is 85.0 cm³/mol. The van der Waals surface area contributed by atoms with E-state index >= 15 is 0 Å². The number of nitrogens with one attached hydrogen (secondary N) is 1. The Morgan fingerprint density at radius 1 is 1.00 bits per heavy atom. The molecule has 0 saturated heterocycles. The monoisotopic (exact) mass is 262 g/mol. The molecule has 0 spiro atoms. The van der Waals surface area contributed by atoms with Gasteiger partial charge in [0, 0.05) is 23.3 Å². The number of hydrogen-bond donors (Lipinski definition) is 1. The first kappa shape index (κ1) is 12.7. The molecule has 2 heteroatoms. The van der Waals surface area contributed by atoms with E-state index in [1.807, 2.05) is 12.3 Å². The van der Waals surface area contributed by atoms with Crippen molar-refractivity contribution in [1.82, 2.24) is 4.98 Å². The second kappa shape index (κ2) is 5.33. The third kappa shape index (κ3) is 2.50. The van der Waals surface area contributed by atoms with Gasteiger partial charge < -0.3 is 5.32 Å². The van der Waals surface area contributed by atoms with Crippen LogP contribution < -0.4 is 5.32 Å². The van der Waals surface area contributed by atoms with Gasteiger partial charge in [0.15, 0.2) is 0 Å². The maximum Gasteiger partial charge on any atom is 0.0703 e. The lowest BCUT2D eigenvalue weighted by molar-refractivity contribution is 0.874. The van der Waals surface area contributed by atoms with E-state index in [2.05, 4.69) is 72.7 Å². The zero-order valence-corrected chi connectivity index (χ0v) is 11.8. The number of benzene rings is 2.